The van der Waals surface area contributed by atoms with Crippen LogP contribution in [0.2, 0.25) is 5.02 Å². The number of carbonyl (C=O) groups is 2. The van der Waals surface area contributed by atoms with Gasteiger partial charge in [0.2, 0.25) is 0 Å². The molecule has 0 amide bonds. The molecule has 0 fully saturated rings. The molecule has 0 unspecified atom stereocenters. The molecule has 2 aromatic carbocycles. The van der Waals surface area contributed by atoms with Crippen molar-refractivity contribution in [3.63, 3.8) is 0 Å². The van der Waals surface area contributed by atoms with E-state index in [0.29, 0.717) is 42.5 Å². The number of hydrogen-bond acceptors (Lipinski definition) is 6. The molecule has 0 bridgehead atoms. The van der Waals surface area contributed by atoms with Crippen molar-refractivity contribution in [1.82, 2.24) is 5.32 Å². The van der Waals surface area contributed by atoms with Crippen molar-refractivity contribution in [3.05, 3.63) is 97.3 Å². The largest absolute Gasteiger partial charge is 0.462 e. The summed E-state index contributed by atoms with van der Waals surface area (Å²) >= 11 is 6.46. The summed E-state index contributed by atoms with van der Waals surface area (Å²) in [6, 6.07) is 13.7. The number of dihydropyridines is 1. The molecule has 0 spiro atoms. The Bertz CT molecular complexity index is 1190. The highest BCUT2D eigenvalue weighted by Crippen LogP contribution is 2.45. The molecule has 2 aliphatic rings. The second-order valence-electron chi connectivity index (χ2n) is 8.10. The first-order valence-electron chi connectivity index (χ1n) is 10.8. The van der Waals surface area contributed by atoms with E-state index >= 15 is 0 Å². The highest BCUT2D eigenvalue weighted by Gasteiger charge is 2.40. The van der Waals surface area contributed by atoms with Crippen LogP contribution in [0.3, 0.4) is 0 Å². The number of ketones is 1. The minimum Gasteiger partial charge on any atom is -0.462 e. The Balaban J connectivity index is 1.71. The van der Waals surface area contributed by atoms with Crippen LogP contribution in [0.5, 0.6) is 0 Å². The molecule has 1 heterocycles. The Morgan fingerprint density at radius 3 is 2.70 bits per heavy atom. The lowest BCUT2D eigenvalue weighted by Crippen LogP contribution is -2.34. The fourth-order valence-electron chi connectivity index (χ4n) is 4.41. The molecule has 33 heavy (non-hydrogen) atoms. The number of rotatable bonds is 6. The van der Waals surface area contributed by atoms with E-state index in [1.807, 2.05) is 30.3 Å². The van der Waals surface area contributed by atoms with Gasteiger partial charge in [-0.15, -0.1) is 0 Å². The van der Waals surface area contributed by atoms with Crippen LogP contribution >= 0.6 is 11.6 Å². The summed E-state index contributed by atoms with van der Waals surface area (Å²) in [5.41, 5.74) is 3.20. The SMILES string of the molecule is CC1=C(C(=O)OCCc2ccccc2)[C@@H](c2cc([N+](=O)[O-])ccc2Cl)C2=C(CCCC2=O)N1. The average molecular weight is 467 g/mol. The maximum absolute atomic E-state index is 13.3. The van der Waals surface area contributed by atoms with E-state index in [1.54, 1.807) is 6.92 Å². The molecule has 8 heteroatoms. The van der Waals surface area contributed by atoms with E-state index in [1.165, 1.54) is 18.2 Å². The molecule has 0 aromatic heterocycles. The second-order valence-corrected chi connectivity index (χ2v) is 8.51. The molecular weight excluding hydrogens is 444 g/mol. The summed E-state index contributed by atoms with van der Waals surface area (Å²) in [7, 11) is 0. The normalized spacial score (nSPS) is 18.0. The zero-order valence-corrected chi connectivity index (χ0v) is 18.9. The summed E-state index contributed by atoms with van der Waals surface area (Å²) in [6.07, 6.45) is 2.24. The van der Waals surface area contributed by atoms with E-state index in [0.717, 1.165) is 11.3 Å². The predicted octanol–water partition coefficient (Wildman–Crippen LogP) is 5.00. The van der Waals surface area contributed by atoms with Gasteiger partial charge in [-0.2, -0.15) is 0 Å². The van der Waals surface area contributed by atoms with Crippen molar-refractivity contribution in [3.8, 4) is 0 Å². The third-order valence-corrected chi connectivity index (χ3v) is 6.31. The summed E-state index contributed by atoms with van der Waals surface area (Å²) in [5.74, 6) is -1.50. The van der Waals surface area contributed by atoms with E-state index in [-0.39, 0.29) is 28.7 Å². The van der Waals surface area contributed by atoms with Gasteiger partial charge >= 0.3 is 5.97 Å². The van der Waals surface area contributed by atoms with Crippen LogP contribution in [0.1, 0.15) is 43.2 Å². The number of Topliss-reactive ketones (excluding diaryl/α,β-unsaturated/α-hetero) is 1. The first kappa shape index (κ1) is 22.7. The van der Waals surface area contributed by atoms with Gasteiger partial charge in [0.15, 0.2) is 5.78 Å². The Kier molecular flexibility index (Phi) is 6.60. The minimum atomic E-state index is -0.828. The molecule has 7 nitrogen and oxygen atoms in total. The number of nitrogens with zero attached hydrogens (tertiary/aromatic N) is 1. The predicted molar refractivity (Wildman–Crippen MR) is 124 cm³/mol. The molecule has 170 valence electrons. The van der Waals surface area contributed by atoms with E-state index in [2.05, 4.69) is 5.32 Å². The Morgan fingerprint density at radius 1 is 1.21 bits per heavy atom. The van der Waals surface area contributed by atoms with Crippen molar-refractivity contribution in [2.75, 3.05) is 6.61 Å². The highest BCUT2D eigenvalue weighted by atomic mass is 35.5. The standard InChI is InChI=1S/C25H23ClN2O5/c1-15-22(25(30)33-13-12-16-6-3-2-4-7-16)23(24-20(27-15)8-5-9-21(24)29)18-14-17(28(31)32)10-11-19(18)26/h2-4,6-7,10-11,14,23,27H,5,8-9,12-13H2,1H3/t23-/m1/s1. The number of benzene rings is 2. The zero-order valence-electron chi connectivity index (χ0n) is 18.1. The van der Waals surface area contributed by atoms with Crippen molar-refractivity contribution < 1.29 is 19.2 Å². The van der Waals surface area contributed by atoms with Crippen molar-refractivity contribution >= 4 is 29.0 Å². The Hall–Kier alpha value is -3.45. The van der Waals surface area contributed by atoms with Crippen LogP contribution < -0.4 is 5.32 Å². The summed E-state index contributed by atoms with van der Waals surface area (Å²) in [4.78, 5) is 37.1. The fraction of sp³-hybridized carbons (Fsp3) is 0.280. The zero-order chi connectivity index (χ0) is 23.5. The monoisotopic (exact) mass is 466 g/mol. The topological polar surface area (TPSA) is 98.5 Å². The minimum absolute atomic E-state index is 0.0987. The number of hydrogen-bond donors (Lipinski definition) is 1. The van der Waals surface area contributed by atoms with Gasteiger partial charge in [0.1, 0.15) is 0 Å². The first-order valence-corrected chi connectivity index (χ1v) is 11.1. The molecule has 2 aromatic rings. The van der Waals surface area contributed by atoms with E-state index in [9.17, 15) is 19.7 Å². The van der Waals surface area contributed by atoms with Crippen LogP contribution in [0.25, 0.3) is 0 Å². The number of nitrogens with one attached hydrogen (secondary N) is 1. The number of carbonyl (C=O) groups excluding carboxylic acids is 2. The Labute approximate surface area is 196 Å². The third-order valence-electron chi connectivity index (χ3n) is 5.96. The van der Waals surface area contributed by atoms with Crippen LogP contribution in [0, 0.1) is 10.1 Å². The summed E-state index contributed by atoms with van der Waals surface area (Å²) in [5, 5.41) is 14.9. The van der Waals surface area contributed by atoms with Gasteiger partial charge < -0.3 is 10.1 Å². The lowest BCUT2D eigenvalue weighted by molar-refractivity contribution is -0.384. The molecule has 0 radical (unpaired) electrons. The molecule has 1 aliphatic carbocycles. The fourth-order valence-corrected chi connectivity index (χ4v) is 4.64. The molecule has 1 N–H and O–H groups in total. The number of nitro benzene ring substituents is 1. The maximum atomic E-state index is 13.3. The maximum Gasteiger partial charge on any atom is 0.336 e. The van der Waals surface area contributed by atoms with Crippen molar-refractivity contribution in [2.24, 2.45) is 0 Å². The number of allylic oxidation sites excluding steroid dienone is 3. The lowest BCUT2D eigenvalue weighted by Gasteiger charge is -2.34. The Morgan fingerprint density at radius 2 is 1.97 bits per heavy atom. The van der Waals surface area contributed by atoms with E-state index < -0.39 is 16.8 Å². The van der Waals surface area contributed by atoms with Crippen LogP contribution in [-0.2, 0) is 20.7 Å². The molecular formula is C25H23ClN2O5. The highest BCUT2D eigenvalue weighted by molar-refractivity contribution is 6.31. The summed E-state index contributed by atoms with van der Waals surface area (Å²) in [6.45, 7) is 1.91. The average Bonchev–Trinajstić information content (AvgIpc) is 2.79. The van der Waals surface area contributed by atoms with Gasteiger partial charge in [-0.25, -0.2) is 4.79 Å². The number of non-ortho nitro benzene ring substituents is 1. The van der Waals surface area contributed by atoms with Gasteiger partial charge in [0, 0.05) is 52.9 Å². The second kappa shape index (κ2) is 9.58. The van der Waals surface area contributed by atoms with Gasteiger partial charge in [-0.3, -0.25) is 14.9 Å². The molecule has 1 atom stereocenters. The number of nitro groups is 1. The van der Waals surface area contributed by atoms with Gasteiger partial charge in [-0.05, 0) is 37.0 Å². The van der Waals surface area contributed by atoms with Crippen LogP contribution in [0.15, 0.2) is 71.1 Å². The van der Waals surface area contributed by atoms with Crippen molar-refractivity contribution in [2.45, 2.75) is 38.5 Å². The van der Waals surface area contributed by atoms with Crippen LogP contribution in [0.4, 0.5) is 5.69 Å². The quantitative estimate of drug-likeness (QED) is 0.365. The van der Waals surface area contributed by atoms with Crippen molar-refractivity contribution in [1.29, 1.82) is 0 Å². The number of ether oxygens (including phenoxy) is 1. The number of halogens is 1. The molecule has 0 saturated carbocycles. The molecule has 4 rings (SSSR count). The van der Waals surface area contributed by atoms with Gasteiger partial charge in [0.05, 0.1) is 17.1 Å². The first-order chi connectivity index (χ1) is 15.9. The summed E-state index contributed by atoms with van der Waals surface area (Å²) < 4.78 is 5.59. The number of esters is 1. The lowest BCUT2D eigenvalue weighted by atomic mass is 9.75. The molecule has 0 saturated heterocycles. The molecule has 1 aliphatic heterocycles. The van der Waals surface area contributed by atoms with E-state index in [4.69, 9.17) is 16.3 Å². The van der Waals surface area contributed by atoms with Gasteiger partial charge in [0.25, 0.3) is 5.69 Å². The van der Waals surface area contributed by atoms with Crippen LogP contribution in [-0.4, -0.2) is 23.3 Å². The third kappa shape index (κ3) is 4.68. The van der Waals surface area contributed by atoms with Gasteiger partial charge in [-0.1, -0.05) is 41.9 Å². The smallest absolute Gasteiger partial charge is 0.336 e.